The van der Waals surface area contributed by atoms with Crippen LogP contribution in [0.3, 0.4) is 0 Å². The average molecular weight is 254 g/mol. The molecule has 0 saturated carbocycles. The monoisotopic (exact) mass is 253 g/mol. The molecule has 2 heterocycles. The van der Waals surface area contributed by atoms with E-state index < -0.39 is 0 Å². The van der Waals surface area contributed by atoms with Crippen molar-refractivity contribution < 1.29 is 4.79 Å². The van der Waals surface area contributed by atoms with Gasteiger partial charge in [-0.1, -0.05) is 18.5 Å². The lowest BCUT2D eigenvalue weighted by Crippen LogP contribution is -2.35. The molecule has 0 radical (unpaired) electrons. The highest BCUT2D eigenvalue weighted by Crippen LogP contribution is 2.23. The van der Waals surface area contributed by atoms with E-state index in [9.17, 15) is 4.79 Å². The van der Waals surface area contributed by atoms with E-state index in [1.165, 1.54) is 0 Å². The number of nitrogens with two attached hydrogens (primary N) is 1. The molecule has 92 valence electrons. The molecular weight excluding hydrogens is 238 g/mol. The van der Waals surface area contributed by atoms with Gasteiger partial charge in [0, 0.05) is 18.2 Å². The number of carbonyl (C=O) groups is 1. The van der Waals surface area contributed by atoms with Gasteiger partial charge in [-0.05, 0) is 31.4 Å². The van der Waals surface area contributed by atoms with Crippen LogP contribution in [0.5, 0.6) is 0 Å². The number of carbonyl (C=O) groups excluding carboxylic acids is 1. The fourth-order valence-electron chi connectivity index (χ4n) is 2.33. The summed E-state index contributed by atoms with van der Waals surface area (Å²) in [6, 6.07) is 3.50. The van der Waals surface area contributed by atoms with Gasteiger partial charge >= 0.3 is 0 Å². The molecule has 5 heteroatoms. The molecule has 1 unspecified atom stereocenters. The van der Waals surface area contributed by atoms with Crippen molar-refractivity contribution in [3.8, 4) is 0 Å². The quantitative estimate of drug-likeness (QED) is 0.823. The van der Waals surface area contributed by atoms with Gasteiger partial charge in [-0.25, -0.2) is 4.98 Å². The Bertz CT molecular complexity index is 416. The van der Waals surface area contributed by atoms with E-state index in [0.717, 1.165) is 25.8 Å². The van der Waals surface area contributed by atoms with Gasteiger partial charge in [0.15, 0.2) is 0 Å². The highest BCUT2D eigenvalue weighted by atomic mass is 35.5. The van der Waals surface area contributed by atoms with Crippen LogP contribution >= 0.6 is 11.6 Å². The molecule has 0 aromatic carbocycles. The normalized spacial score (nSPS) is 19.6. The summed E-state index contributed by atoms with van der Waals surface area (Å²) in [6.07, 6.45) is 3.13. The Hall–Kier alpha value is -1.29. The molecule has 1 aliphatic rings. The molecule has 1 aromatic heterocycles. The molecule has 17 heavy (non-hydrogen) atoms. The maximum Gasteiger partial charge on any atom is 0.254 e. The molecule has 1 atom stereocenters. The smallest absolute Gasteiger partial charge is 0.254 e. The predicted molar refractivity (Wildman–Crippen MR) is 68.0 cm³/mol. The van der Waals surface area contributed by atoms with Crippen LogP contribution < -0.4 is 5.73 Å². The molecule has 0 spiro atoms. The summed E-state index contributed by atoms with van der Waals surface area (Å²) >= 11 is 5.81. The maximum absolute atomic E-state index is 12.3. The van der Waals surface area contributed by atoms with Gasteiger partial charge in [0.1, 0.15) is 11.0 Å². The van der Waals surface area contributed by atoms with Gasteiger partial charge in [0.25, 0.3) is 5.91 Å². The number of rotatable bonds is 2. The number of nitrogen functional groups attached to an aromatic ring is 1. The summed E-state index contributed by atoms with van der Waals surface area (Å²) < 4.78 is 0. The number of amides is 1. The highest BCUT2D eigenvalue weighted by molar-refractivity contribution is 6.29. The second-order valence-electron chi connectivity index (χ2n) is 4.31. The van der Waals surface area contributed by atoms with E-state index in [0.29, 0.717) is 11.6 Å². The summed E-state index contributed by atoms with van der Waals surface area (Å²) in [5.74, 6) is 0.290. The molecule has 0 aliphatic carbocycles. The third-order valence-electron chi connectivity index (χ3n) is 3.17. The number of hydrogen-bond donors (Lipinski definition) is 1. The predicted octanol–water partition coefficient (Wildman–Crippen LogP) is 2.33. The summed E-state index contributed by atoms with van der Waals surface area (Å²) in [6.45, 7) is 2.92. The van der Waals surface area contributed by atoms with E-state index in [2.05, 4.69) is 11.9 Å². The number of likely N-dealkylation sites (tertiary alicyclic amines) is 1. The van der Waals surface area contributed by atoms with Crippen LogP contribution in [0.2, 0.25) is 5.15 Å². The number of pyridine rings is 1. The first kappa shape index (κ1) is 12.2. The zero-order chi connectivity index (χ0) is 12.4. The van der Waals surface area contributed by atoms with Crippen LogP contribution in [0.25, 0.3) is 0 Å². The Morgan fingerprint density at radius 1 is 1.65 bits per heavy atom. The Morgan fingerprint density at radius 3 is 3.06 bits per heavy atom. The Balaban J connectivity index is 2.24. The molecule has 1 aliphatic heterocycles. The fourth-order valence-corrected chi connectivity index (χ4v) is 2.55. The van der Waals surface area contributed by atoms with Crippen molar-refractivity contribution in [1.82, 2.24) is 9.88 Å². The third kappa shape index (κ3) is 2.52. The van der Waals surface area contributed by atoms with Gasteiger partial charge in [0.2, 0.25) is 0 Å². The van der Waals surface area contributed by atoms with Crippen LogP contribution in [0.15, 0.2) is 12.1 Å². The van der Waals surface area contributed by atoms with E-state index in [-0.39, 0.29) is 16.9 Å². The summed E-state index contributed by atoms with van der Waals surface area (Å²) in [5.41, 5.74) is 6.13. The highest BCUT2D eigenvalue weighted by Gasteiger charge is 2.28. The van der Waals surface area contributed by atoms with Crippen LogP contribution in [-0.2, 0) is 0 Å². The molecule has 2 rings (SSSR count). The van der Waals surface area contributed by atoms with Gasteiger partial charge < -0.3 is 10.6 Å². The minimum atomic E-state index is 0.00495. The average Bonchev–Trinajstić information content (AvgIpc) is 2.74. The molecule has 1 fully saturated rings. The Kier molecular flexibility index (Phi) is 3.52. The maximum atomic E-state index is 12.3. The van der Waals surface area contributed by atoms with Crippen LogP contribution in [0.4, 0.5) is 5.82 Å². The van der Waals surface area contributed by atoms with Crippen molar-refractivity contribution in [3.63, 3.8) is 0 Å². The van der Waals surface area contributed by atoms with Gasteiger partial charge in [-0.15, -0.1) is 0 Å². The molecular formula is C12H16ClN3O. The summed E-state index contributed by atoms with van der Waals surface area (Å²) in [5, 5.41) is 0.264. The second kappa shape index (κ2) is 4.92. The van der Waals surface area contributed by atoms with Crippen LogP contribution in [-0.4, -0.2) is 28.4 Å². The van der Waals surface area contributed by atoms with Crippen molar-refractivity contribution in [2.24, 2.45) is 0 Å². The summed E-state index contributed by atoms with van der Waals surface area (Å²) in [4.78, 5) is 18.1. The number of anilines is 1. The van der Waals surface area contributed by atoms with Crippen molar-refractivity contribution in [3.05, 3.63) is 22.8 Å². The van der Waals surface area contributed by atoms with E-state index in [4.69, 9.17) is 17.3 Å². The van der Waals surface area contributed by atoms with Crippen molar-refractivity contribution in [2.75, 3.05) is 12.3 Å². The molecule has 1 saturated heterocycles. The van der Waals surface area contributed by atoms with E-state index in [1.807, 2.05) is 4.90 Å². The lowest BCUT2D eigenvalue weighted by Gasteiger charge is -2.23. The second-order valence-corrected chi connectivity index (χ2v) is 4.69. The largest absolute Gasteiger partial charge is 0.384 e. The Morgan fingerprint density at radius 2 is 2.41 bits per heavy atom. The van der Waals surface area contributed by atoms with Crippen LogP contribution in [0.1, 0.15) is 36.5 Å². The zero-order valence-corrected chi connectivity index (χ0v) is 10.6. The standard InChI is InChI=1S/C12H16ClN3O/c1-2-9-4-3-5-16(9)12(17)8-6-10(13)15-11(14)7-8/h6-7,9H,2-5H2,1H3,(H2,14,15). The Labute approximate surface area is 106 Å². The van der Waals surface area contributed by atoms with Gasteiger partial charge in [0.05, 0.1) is 0 Å². The van der Waals surface area contributed by atoms with Crippen LogP contribution in [0, 0.1) is 0 Å². The van der Waals surface area contributed by atoms with E-state index in [1.54, 1.807) is 12.1 Å². The first-order valence-corrected chi connectivity index (χ1v) is 6.23. The van der Waals surface area contributed by atoms with E-state index >= 15 is 0 Å². The third-order valence-corrected chi connectivity index (χ3v) is 3.36. The van der Waals surface area contributed by atoms with Gasteiger partial charge in [-0.2, -0.15) is 0 Å². The molecule has 2 N–H and O–H groups in total. The minimum Gasteiger partial charge on any atom is -0.384 e. The molecule has 1 amide bonds. The number of halogens is 1. The topological polar surface area (TPSA) is 59.2 Å². The molecule has 4 nitrogen and oxygen atoms in total. The first-order valence-electron chi connectivity index (χ1n) is 5.86. The molecule has 1 aromatic rings. The SMILES string of the molecule is CCC1CCCN1C(=O)c1cc(N)nc(Cl)c1. The minimum absolute atomic E-state index is 0.00495. The van der Waals surface area contributed by atoms with Crippen molar-refractivity contribution in [2.45, 2.75) is 32.2 Å². The van der Waals surface area contributed by atoms with Gasteiger partial charge in [-0.3, -0.25) is 4.79 Å². The number of nitrogens with zero attached hydrogens (tertiary/aromatic N) is 2. The lowest BCUT2D eigenvalue weighted by molar-refractivity contribution is 0.0733. The fraction of sp³-hybridized carbons (Fsp3) is 0.500. The zero-order valence-electron chi connectivity index (χ0n) is 9.82. The molecule has 0 bridgehead atoms. The van der Waals surface area contributed by atoms with Crippen molar-refractivity contribution >= 4 is 23.3 Å². The number of hydrogen-bond acceptors (Lipinski definition) is 3. The first-order chi connectivity index (χ1) is 8.11. The lowest BCUT2D eigenvalue weighted by atomic mass is 10.1. The van der Waals surface area contributed by atoms with Crippen molar-refractivity contribution in [1.29, 1.82) is 0 Å². The summed E-state index contributed by atoms with van der Waals surface area (Å²) in [7, 11) is 0. The number of aromatic nitrogens is 1.